The Hall–Kier alpha value is 0.748. The van der Waals surface area contributed by atoms with E-state index in [2.05, 4.69) is 6.08 Å². The number of halogens is 2. The first-order chi connectivity index (χ1) is 4.79. The summed E-state index contributed by atoms with van der Waals surface area (Å²) in [4.78, 5) is 0. The first kappa shape index (κ1) is 11.7. The van der Waals surface area contributed by atoms with Gasteiger partial charge in [-0.25, -0.2) is 18.2 Å². The molecule has 0 amide bonds. The van der Waals surface area contributed by atoms with Gasteiger partial charge in [0.2, 0.25) is 0 Å². The number of alkyl halides is 1. The van der Waals surface area contributed by atoms with E-state index in [0.29, 0.717) is 0 Å². The number of hydrogen-bond acceptors (Lipinski definition) is 0. The molecular formula is C8H9Cl2Pt-. The molecule has 0 aromatic heterocycles. The molecule has 0 saturated heterocycles. The number of rotatable bonds is 0. The van der Waals surface area contributed by atoms with E-state index in [9.17, 15) is 0 Å². The maximum absolute atomic E-state index is 5.86. The van der Waals surface area contributed by atoms with Gasteiger partial charge in [-0.2, -0.15) is 0 Å². The molecule has 0 aliphatic heterocycles. The first-order valence-electron chi connectivity index (χ1n) is 3.37. The summed E-state index contributed by atoms with van der Waals surface area (Å²) in [6, 6.07) is 0. The Morgan fingerprint density at radius 2 is 2.27 bits per heavy atom. The standard InChI is InChI=1S/C8H9Cl2.Pt/c9-7-3-1-4-8(10)6-2-5-7;/h1,3,7H,2,5-6H2;/q-1;/b3-1-;. The second kappa shape index (κ2) is 6.28. The van der Waals surface area contributed by atoms with Crippen molar-refractivity contribution in [2.24, 2.45) is 0 Å². The Morgan fingerprint density at radius 3 is 3.00 bits per heavy atom. The Labute approximate surface area is 91.9 Å². The molecular weight excluding hydrogens is 362 g/mol. The van der Waals surface area contributed by atoms with Crippen molar-refractivity contribution < 1.29 is 21.1 Å². The smallest absolute Gasteiger partial charge is 0 e. The van der Waals surface area contributed by atoms with Crippen LogP contribution in [0.4, 0.5) is 0 Å². The summed E-state index contributed by atoms with van der Waals surface area (Å²) in [5.41, 5.74) is 0. The van der Waals surface area contributed by atoms with E-state index < -0.39 is 0 Å². The SMILES string of the molecule is ClC1=[C-]/C=C\C(Cl)CCC1.[Pt]. The van der Waals surface area contributed by atoms with Gasteiger partial charge in [0.05, 0.1) is 0 Å². The van der Waals surface area contributed by atoms with Gasteiger partial charge in [0, 0.05) is 21.1 Å². The zero-order valence-electron chi connectivity index (χ0n) is 5.93. The normalized spacial score (nSPS) is 27.5. The number of hydrogen-bond donors (Lipinski definition) is 0. The van der Waals surface area contributed by atoms with E-state index in [-0.39, 0.29) is 26.4 Å². The minimum Gasteiger partial charge on any atom is -0.236 e. The van der Waals surface area contributed by atoms with E-state index in [1.54, 1.807) is 6.08 Å². The van der Waals surface area contributed by atoms with Crippen molar-refractivity contribution in [2.75, 3.05) is 0 Å². The van der Waals surface area contributed by atoms with Gasteiger partial charge in [0.15, 0.2) is 0 Å². The monoisotopic (exact) mass is 370 g/mol. The Morgan fingerprint density at radius 1 is 1.55 bits per heavy atom. The molecule has 0 radical (unpaired) electrons. The molecule has 0 spiro atoms. The molecule has 1 aliphatic carbocycles. The Kier molecular flexibility index (Phi) is 6.71. The summed E-state index contributed by atoms with van der Waals surface area (Å²) < 4.78 is 0. The van der Waals surface area contributed by atoms with Gasteiger partial charge < -0.3 is 0 Å². The maximum atomic E-state index is 5.86. The first-order valence-corrected chi connectivity index (χ1v) is 4.19. The van der Waals surface area contributed by atoms with E-state index in [1.165, 1.54) is 0 Å². The summed E-state index contributed by atoms with van der Waals surface area (Å²) in [7, 11) is 0. The minimum absolute atomic E-state index is 0. The molecule has 66 valence electrons. The second-order valence-corrected chi connectivity index (χ2v) is 3.33. The number of allylic oxidation sites excluding steroid dienone is 4. The van der Waals surface area contributed by atoms with Crippen LogP contribution in [0, 0.1) is 6.08 Å². The minimum atomic E-state index is 0. The van der Waals surface area contributed by atoms with Crippen LogP contribution in [0.15, 0.2) is 17.2 Å². The molecule has 1 rings (SSSR count). The molecule has 0 aromatic rings. The Bertz CT molecular complexity index is 163. The summed E-state index contributed by atoms with van der Waals surface area (Å²) in [5.74, 6) is 0. The van der Waals surface area contributed by atoms with Gasteiger partial charge >= 0.3 is 0 Å². The summed E-state index contributed by atoms with van der Waals surface area (Å²) in [5, 5.41) is 0.970. The average Bonchev–Trinajstić information content (AvgIpc) is 1.84. The molecule has 1 unspecified atom stereocenters. The molecule has 0 bridgehead atoms. The molecule has 0 heterocycles. The van der Waals surface area contributed by atoms with Crippen LogP contribution in [0.25, 0.3) is 0 Å². The Balaban J connectivity index is 0.000001000. The third-order valence-corrected chi connectivity index (χ3v) is 2.08. The summed E-state index contributed by atoms with van der Waals surface area (Å²) >= 11 is 11.6. The van der Waals surface area contributed by atoms with Crippen molar-refractivity contribution in [3.8, 4) is 0 Å². The zero-order chi connectivity index (χ0) is 7.40. The van der Waals surface area contributed by atoms with Crippen molar-refractivity contribution in [3.05, 3.63) is 23.3 Å². The van der Waals surface area contributed by atoms with Gasteiger partial charge in [0.1, 0.15) is 0 Å². The van der Waals surface area contributed by atoms with Crippen LogP contribution in [0.3, 0.4) is 0 Å². The van der Waals surface area contributed by atoms with E-state index in [1.807, 2.05) is 6.08 Å². The molecule has 1 aliphatic rings. The van der Waals surface area contributed by atoms with Gasteiger partial charge in [-0.3, -0.25) is 0 Å². The van der Waals surface area contributed by atoms with E-state index in [4.69, 9.17) is 23.2 Å². The molecule has 11 heavy (non-hydrogen) atoms. The van der Waals surface area contributed by atoms with Crippen LogP contribution in [0.2, 0.25) is 0 Å². The third-order valence-electron chi connectivity index (χ3n) is 1.42. The van der Waals surface area contributed by atoms with Gasteiger partial charge in [-0.15, -0.1) is 23.2 Å². The largest absolute Gasteiger partial charge is 0.236 e. The van der Waals surface area contributed by atoms with Crippen LogP contribution in [-0.2, 0) is 21.1 Å². The molecule has 0 aromatic carbocycles. The summed E-state index contributed by atoms with van der Waals surface area (Å²) in [6.07, 6.45) is 9.64. The third kappa shape index (κ3) is 5.06. The van der Waals surface area contributed by atoms with E-state index >= 15 is 0 Å². The van der Waals surface area contributed by atoms with Crippen molar-refractivity contribution >= 4 is 23.2 Å². The van der Waals surface area contributed by atoms with Gasteiger partial charge in [-0.1, -0.05) is 5.03 Å². The molecule has 1 atom stereocenters. The molecule has 0 fully saturated rings. The van der Waals surface area contributed by atoms with Crippen LogP contribution < -0.4 is 0 Å². The van der Waals surface area contributed by atoms with Crippen LogP contribution in [-0.4, -0.2) is 5.38 Å². The van der Waals surface area contributed by atoms with Crippen molar-refractivity contribution in [1.29, 1.82) is 0 Å². The topological polar surface area (TPSA) is 0 Å². The fourth-order valence-electron chi connectivity index (χ4n) is 0.864. The zero-order valence-corrected chi connectivity index (χ0v) is 9.71. The molecule has 0 nitrogen and oxygen atoms in total. The summed E-state index contributed by atoms with van der Waals surface area (Å²) in [6.45, 7) is 0. The van der Waals surface area contributed by atoms with Crippen molar-refractivity contribution in [1.82, 2.24) is 0 Å². The van der Waals surface area contributed by atoms with Gasteiger partial charge in [0.25, 0.3) is 0 Å². The quantitative estimate of drug-likeness (QED) is 0.453. The molecule has 0 saturated carbocycles. The van der Waals surface area contributed by atoms with Crippen molar-refractivity contribution in [3.63, 3.8) is 0 Å². The molecule has 3 heteroatoms. The predicted molar refractivity (Wildman–Crippen MR) is 45.2 cm³/mol. The fourth-order valence-corrected chi connectivity index (χ4v) is 1.29. The van der Waals surface area contributed by atoms with Crippen LogP contribution in [0.5, 0.6) is 0 Å². The fraction of sp³-hybridized carbons (Fsp3) is 0.500. The predicted octanol–water partition coefficient (Wildman–Crippen LogP) is 3.26. The second-order valence-electron chi connectivity index (χ2n) is 2.32. The van der Waals surface area contributed by atoms with Crippen molar-refractivity contribution in [2.45, 2.75) is 24.6 Å². The average molecular weight is 371 g/mol. The molecule has 0 N–H and O–H groups in total. The maximum Gasteiger partial charge on any atom is 0 e. The van der Waals surface area contributed by atoms with Crippen LogP contribution >= 0.6 is 23.2 Å². The van der Waals surface area contributed by atoms with Gasteiger partial charge in [-0.05, 0) is 24.6 Å². The van der Waals surface area contributed by atoms with Crippen LogP contribution in [0.1, 0.15) is 19.3 Å². The van der Waals surface area contributed by atoms with E-state index in [0.717, 1.165) is 24.3 Å².